The highest BCUT2D eigenvalue weighted by atomic mass is 79.9. The molecule has 1 aliphatic heterocycles. The van der Waals surface area contributed by atoms with Crippen LogP contribution >= 0.6 is 27.5 Å². The largest absolute Gasteiger partial charge is 0.490 e. The van der Waals surface area contributed by atoms with E-state index in [1.165, 1.54) is 18.2 Å². The average molecular weight is 707 g/mol. The van der Waals surface area contributed by atoms with Gasteiger partial charge in [0.15, 0.2) is 11.5 Å². The Labute approximate surface area is 276 Å². The summed E-state index contributed by atoms with van der Waals surface area (Å²) < 4.78 is 18.0. The van der Waals surface area contributed by atoms with Gasteiger partial charge < -0.3 is 14.2 Å². The second-order valence-electron chi connectivity index (χ2n) is 9.84. The van der Waals surface area contributed by atoms with Crippen LogP contribution in [-0.4, -0.2) is 29.4 Å². The van der Waals surface area contributed by atoms with Crippen LogP contribution in [0.4, 0.5) is 16.2 Å². The van der Waals surface area contributed by atoms with Gasteiger partial charge in [-0.2, -0.15) is 0 Å². The molecule has 0 radical (unpaired) electrons. The van der Waals surface area contributed by atoms with E-state index in [0.29, 0.717) is 51.1 Å². The summed E-state index contributed by atoms with van der Waals surface area (Å²) in [5.74, 6) is -0.453. The minimum absolute atomic E-state index is 0.0323. The van der Waals surface area contributed by atoms with E-state index in [0.717, 1.165) is 10.5 Å². The van der Waals surface area contributed by atoms with E-state index >= 15 is 0 Å². The normalized spacial score (nSPS) is 13.8. The lowest BCUT2D eigenvalue weighted by Crippen LogP contribution is -2.54. The zero-order chi connectivity index (χ0) is 32.8. The lowest BCUT2D eigenvalue weighted by atomic mass is 10.1. The summed E-state index contributed by atoms with van der Waals surface area (Å²) >= 11 is 9.40. The zero-order valence-corrected chi connectivity index (χ0v) is 26.5. The molecule has 1 fully saturated rings. The van der Waals surface area contributed by atoms with Gasteiger partial charge in [-0.3, -0.25) is 25.0 Å². The number of hydrogen-bond donors (Lipinski definition) is 1. The maximum atomic E-state index is 13.5. The Kier molecular flexibility index (Phi) is 9.99. The summed E-state index contributed by atoms with van der Waals surface area (Å²) in [6.45, 7) is 2.47. The van der Waals surface area contributed by atoms with Gasteiger partial charge in [-0.05, 0) is 106 Å². The number of imide groups is 2. The smallest absolute Gasteiger partial charge is 0.335 e. The summed E-state index contributed by atoms with van der Waals surface area (Å²) in [7, 11) is 0. The predicted octanol–water partition coefficient (Wildman–Crippen LogP) is 7.23. The van der Waals surface area contributed by atoms with Crippen molar-refractivity contribution in [2.24, 2.45) is 0 Å². The van der Waals surface area contributed by atoms with Crippen LogP contribution in [0, 0.1) is 10.1 Å². The van der Waals surface area contributed by atoms with Crippen molar-refractivity contribution in [2.75, 3.05) is 11.5 Å². The zero-order valence-electron chi connectivity index (χ0n) is 24.2. The van der Waals surface area contributed by atoms with E-state index in [1.807, 2.05) is 12.1 Å². The van der Waals surface area contributed by atoms with Gasteiger partial charge in [0, 0.05) is 17.2 Å². The van der Waals surface area contributed by atoms with Crippen molar-refractivity contribution in [3.63, 3.8) is 0 Å². The van der Waals surface area contributed by atoms with Gasteiger partial charge in [-0.1, -0.05) is 23.7 Å². The minimum atomic E-state index is -0.881. The lowest BCUT2D eigenvalue weighted by Gasteiger charge is -2.26. The number of benzene rings is 4. The number of carbonyl (C=O) groups excluding carboxylic acids is 3. The van der Waals surface area contributed by atoms with Crippen LogP contribution in [0.15, 0.2) is 95.0 Å². The molecule has 1 aliphatic rings. The Hall–Kier alpha value is -5.20. The van der Waals surface area contributed by atoms with E-state index < -0.39 is 22.8 Å². The number of halogens is 2. The van der Waals surface area contributed by atoms with Gasteiger partial charge in [0.25, 0.3) is 17.5 Å². The van der Waals surface area contributed by atoms with Crippen molar-refractivity contribution in [1.82, 2.24) is 5.32 Å². The van der Waals surface area contributed by atoms with Crippen LogP contribution < -0.4 is 24.4 Å². The number of rotatable bonds is 11. The molecule has 1 heterocycles. The van der Waals surface area contributed by atoms with Gasteiger partial charge in [-0.15, -0.1) is 0 Å². The van der Waals surface area contributed by atoms with Crippen LogP contribution in [0.2, 0.25) is 5.02 Å². The van der Waals surface area contributed by atoms with E-state index in [4.69, 9.17) is 25.8 Å². The Morgan fingerprint density at radius 2 is 1.52 bits per heavy atom. The number of amides is 4. The van der Waals surface area contributed by atoms with Crippen molar-refractivity contribution in [2.45, 2.75) is 20.1 Å². The Balaban J connectivity index is 1.34. The summed E-state index contributed by atoms with van der Waals surface area (Å²) in [6, 6.07) is 21.8. The lowest BCUT2D eigenvalue weighted by molar-refractivity contribution is -0.384. The molecule has 13 heteroatoms. The molecule has 0 atom stereocenters. The molecule has 0 bridgehead atoms. The number of nitrogens with one attached hydrogen (secondary N) is 1. The third kappa shape index (κ3) is 7.53. The monoisotopic (exact) mass is 705 g/mol. The molecule has 0 aliphatic carbocycles. The number of barbiturate groups is 1. The highest BCUT2D eigenvalue weighted by Crippen LogP contribution is 2.38. The number of ether oxygens (including phenoxy) is 3. The average Bonchev–Trinajstić information content (AvgIpc) is 3.03. The van der Waals surface area contributed by atoms with Crippen LogP contribution in [-0.2, 0) is 22.8 Å². The Bertz CT molecular complexity index is 1830. The van der Waals surface area contributed by atoms with Crippen molar-refractivity contribution in [3.05, 3.63) is 127 Å². The molecule has 0 saturated carbocycles. The number of hydrogen-bond acceptors (Lipinski definition) is 8. The maximum Gasteiger partial charge on any atom is 0.335 e. The number of carbonyl (C=O) groups is 3. The van der Waals surface area contributed by atoms with Crippen LogP contribution in [0.3, 0.4) is 0 Å². The van der Waals surface area contributed by atoms with Crippen molar-refractivity contribution >= 4 is 62.8 Å². The second-order valence-corrected chi connectivity index (χ2v) is 11.1. The summed E-state index contributed by atoms with van der Waals surface area (Å²) in [4.78, 5) is 50.3. The van der Waals surface area contributed by atoms with Crippen LogP contribution in [0.25, 0.3) is 6.08 Å². The Morgan fingerprint density at radius 3 is 2.15 bits per heavy atom. The van der Waals surface area contributed by atoms with E-state index in [-0.39, 0.29) is 23.6 Å². The number of urea groups is 1. The maximum absolute atomic E-state index is 13.5. The standard InChI is InChI=1S/C33H25BrClN3O8/c1-2-44-29-17-22(16-28(34)30(29)46-19-21-5-9-25(10-6-21)38(42)43)15-27-31(39)36-33(41)37(32(27)40)24-11-13-26(14-12-24)45-18-20-3-7-23(35)8-4-20/h3-17H,2,18-19H2,1H3,(H,36,39,41)/b27-15+. The number of anilines is 1. The quantitative estimate of drug-likeness (QED) is 0.0746. The van der Waals surface area contributed by atoms with Crippen molar-refractivity contribution in [1.29, 1.82) is 0 Å². The second kappa shape index (κ2) is 14.3. The van der Waals surface area contributed by atoms with Crippen molar-refractivity contribution < 1.29 is 33.5 Å². The fourth-order valence-electron chi connectivity index (χ4n) is 4.44. The molecule has 4 aromatic carbocycles. The highest BCUT2D eigenvalue weighted by Gasteiger charge is 2.37. The molecule has 46 heavy (non-hydrogen) atoms. The number of nitro groups is 1. The molecule has 234 valence electrons. The van der Waals surface area contributed by atoms with E-state index in [9.17, 15) is 24.5 Å². The number of non-ortho nitro benzene ring substituents is 1. The minimum Gasteiger partial charge on any atom is -0.490 e. The molecule has 1 saturated heterocycles. The van der Waals surface area contributed by atoms with Crippen LogP contribution in [0.1, 0.15) is 23.6 Å². The molecule has 1 N–H and O–H groups in total. The first-order chi connectivity index (χ1) is 22.1. The molecule has 4 amide bonds. The third-order valence-electron chi connectivity index (χ3n) is 6.69. The SMILES string of the molecule is CCOc1cc(/C=C2\C(=O)NC(=O)N(c3ccc(OCc4ccc(Cl)cc4)cc3)C2=O)cc(Br)c1OCc1ccc([N+](=O)[O-])cc1. The van der Waals surface area contributed by atoms with Gasteiger partial charge in [0.2, 0.25) is 0 Å². The first-order valence-electron chi connectivity index (χ1n) is 13.8. The van der Waals surface area contributed by atoms with Gasteiger partial charge >= 0.3 is 6.03 Å². The van der Waals surface area contributed by atoms with Gasteiger partial charge in [0.05, 0.1) is 21.7 Å². The third-order valence-corrected chi connectivity index (χ3v) is 7.53. The molecular formula is C33H25BrClN3O8. The van der Waals surface area contributed by atoms with Crippen molar-refractivity contribution in [3.8, 4) is 17.2 Å². The van der Waals surface area contributed by atoms with Crippen LogP contribution in [0.5, 0.6) is 17.2 Å². The van der Waals surface area contributed by atoms with E-state index in [1.54, 1.807) is 67.6 Å². The summed E-state index contributed by atoms with van der Waals surface area (Å²) in [5.41, 5.74) is 1.98. The van der Waals surface area contributed by atoms with E-state index in [2.05, 4.69) is 21.2 Å². The molecule has 0 aromatic heterocycles. The fraction of sp³-hybridized carbons (Fsp3) is 0.121. The number of nitro benzene ring substituents is 1. The summed E-state index contributed by atoms with van der Waals surface area (Å²) in [5, 5.41) is 13.8. The molecular weight excluding hydrogens is 682 g/mol. The molecule has 11 nitrogen and oxygen atoms in total. The van der Waals surface area contributed by atoms with Gasteiger partial charge in [-0.25, -0.2) is 9.69 Å². The Morgan fingerprint density at radius 1 is 0.891 bits per heavy atom. The molecule has 0 spiro atoms. The first kappa shape index (κ1) is 32.2. The topological polar surface area (TPSA) is 137 Å². The molecule has 0 unspecified atom stereocenters. The first-order valence-corrected chi connectivity index (χ1v) is 15.0. The molecule has 4 aromatic rings. The fourth-order valence-corrected chi connectivity index (χ4v) is 5.14. The predicted molar refractivity (Wildman–Crippen MR) is 174 cm³/mol. The number of nitrogens with zero attached hydrogens (tertiary/aromatic N) is 2. The van der Waals surface area contributed by atoms with Gasteiger partial charge in [0.1, 0.15) is 24.5 Å². The summed E-state index contributed by atoms with van der Waals surface area (Å²) in [6.07, 6.45) is 1.36. The molecule has 5 rings (SSSR count). The highest BCUT2D eigenvalue weighted by molar-refractivity contribution is 9.10.